The molecule has 1 fully saturated rings. The van der Waals surface area contributed by atoms with Gasteiger partial charge in [0.1, 0.15) is 0 Å². The predicted octanol–water partition coefficient (Wildman–Crippen LogP) is 0.751. The SMILES string of the molecule is CCCCC(CC)C(=O)NCC(=O)N1CCNCC1. The van der Waals surface area contributed by atoms with E-state index in [4.69, 9.17) is 0 Å². The number of amides is 2. The van der Waals surface area contributed by atoms with Crippen LogP contribution in [0.2, 0.25) is 0 Å². The van der Waals surface area contributed by atoms with E-state index in [0.717, 1.165) is 51.9 Å². The van der Waals surface area contributed by atoms with E-state index in [1.165, 1.54) is 0 Å². The Balaban J connectivity index is 2.29. The van der Waals surface area contributed by atoms with Crippen molar-refractivity contribution in [2.24, 2.45) is 5.92 Å². The van der Waals surface area contributed by atoms with Crippen LogP contribution < -0.4 is 10.6 Å². The van der Waals surface area contributed by atoms with Gasteiger partial charge in [0.15, 0.2) is 0 Å². The fourth-order valence-corrected chi connectivity index (χ4v) is 2.30. The van der Waals surface area contributed by atoms with Gasteiger partial charge in [-0.05, 0) is 12.8 Å². The van der Waals surface area contributed by atoms with Gasteiger partial charge in [-0.1, -0.05) is 26.7 Å². The van der Waals surface area contributed by atoms with Gasteiger partial charge in [0.05, 0.1) is 6.54 Å². The van der Waals surface area contributed by atoms with E-state index in [0.29, 0.717) is 0 Å². The molecule has 1 aliphatic heterocycles. The van der Waals surface area contributed by atoms with Crippen LogP contribution in [0.4, 0.5) is 0 Å². The molecule has 1 heterocycles. The van der Waals surface area contributed by atoms with Crippen molar-refractivity contribution in [2.75, 3.05) is 32.7 Å². The Morgan fingerprint density at radius 1 is 1.26 bits per heavy atom. The quantitative estimate of drug-likeness (QED) is 0.717. The standard InChI is InChI=1S/C14H27N3O2/c1-3-5-6-12(4-2)14(19)16-11-13(18)17-9-7-15-8-10-17/h12,15H,3-11H2,1-2H3,(H,16,19). The molecular formula is C14H27N3O2. The monoisotopic (exact) mass is 269 g/mol. The zero-order chi connectivity index (χ0) is 14.1. The lowest BCUT2D eigenvalue weighted by Crippen LogP contribution is -2.50. The summed E-state index contributed by atoms with van der Waals surface area (Å²) in [5.74, 6) is 0.107. The topological polar surface area (TPSA) is 61.4 Å². The van der Waals surface area contributed by atoms with Crippen LogP contribution in [0, 0.1) is 5.92 Å². The van der Waals surface area contributed by atoms with Crippen molar-refractivity contribution in [1.82, 2.24) is 15.5 Å². The second-order valence-corrected chi connectivity index (χ2v) is 5.10. The number of nitrogens with zero attached hydrogens (tertiary/aromatic N) is 1. The normalized spacial score (nSPS) is 17.1. The molecule has 0 spiro atoms. The summed E-state index contributed by atoms with van der Waals surface area (Å²) in [6.45, 7) is 7.45. The molecule has 5 heteroatoms. The molecule has 1 saturated heterocycles. The molecule has 0 aliphatic carbocycles. The first kappa shape index (κ1) is 16.0. The number of carbonyl (C=O) groups is 2. The highest BCUT2D eigenvalue weighted by molar-refractivity contribution is 5.85. The Labute approximate surface area is 116 Å². The minimum Gasteiger partial charge on any atom is -0.347 e. The number of nitrogens with one attached hydrogen (secondary N) is 2. The summed E-state index contributed by atoms with van der Waals surface area (Å²) in [4.78, 5) is 25.7. The van der Waals surface area contributed by atoms with E-state index in [2.05, 4.69) is 17.6 Å². The van der Waals surface area contributed by atoms with E-state index >= 15 is 0 Å². The second-order valence-electron chi connectivity index (χ2n) is 5.10. The Morgan fingerprint density at radius 2 is 1.95 bits per heavy atom. The zero-order valence-corrected chi connectivity index (χ0v) is 12.2. The minimum atomic E-state index is 0.0273. The maximum atomic E-state index is 12.0. The number of rotatable bonds is 7. The first-order valence-corrected chi connectivity index (χ1v) is 7.45. The van der Waals surface area contributed by atoms with Gasteiger partial charge in [0.25, 0.3) is 0 Å². The lowest BCUT2D eigenvalue weighted by atomic mass is 9.98. The van der Waals surface area contributed by atoms with E-state index < -0.39 is 0 Å². The van der Waals surface area contributed by atoms with Crippen molar-refractivity contribution in [3.63, 3.8) is 0 Å². The average Bonchev–Trinajstić information content (AvgIpc) is 2.46. The smallest absolute Gasteiger partial charge is 0.242 e. The van der Waals surface area contributed by atoms with Gasteiger partial charge in [0, 0.05) is 32.1 Å². The van der Waals surface area contributed by atoms with Crippen LogP contribution in [0.25, 0.3) is 0 Å². The summed E-state index contributed by atoms with van der Waals surface area (Å²) in [5, 5.41) is 5.99. The van der Waals surface area contributed by atoms with Crippen molar-refractivity contribution >= 4 is 11.8 Å². The van der Waals surface area contributed by atoms with Crippen LogP contribution in [0.15, 0.2) is 0 Å². The summed E-state index contributed by atoms with van der Waals surface area (Å²) >= 11 is 0. The third-order valence-corrected chi connectivity index (χ3v) is 3.65. The molecular weight excluding hydrogens is 242 g/mol. The molecule has 19 heavy (non-hydrogen) atoms. The van der Waals surface area contributed by atoms with E-state index in [1.807, 2.05) is 11.8 Å². The molecule has 0 aromatic carbocycles. The van der Waals surface area contributed by atoms with Crippen LogP contribution in [-0.2, 0) is 9.59 Å². The largest absolute Gasteiger partial charge is 0.347 e. The number of carbonyl (C=O) groups excluding carboxylic acids is 2. The summed E-state index contributed by atoms with van der Waals surface area (Å²) in [5.41, 5.74) is 0. The van der Waals surface area contributed by atoms with Crippen LogP contribution in [0.3, 0.4) is 0 Å². The van der Waals surface area contributed by atoms with Crippen LogP contribution in [-0.4, -0.2) is 49.4 Å². The lowest BCUT2D eigenvalue weighted by molar-refractivity contribution is -0.134. The molecule has 0 aromatic rings. The molecule has 2 N–H and O–H groups in total. The van der Waals surface area contributed by atoms with Gasteiger partial charge in [-0.2, -0.15) is 0 Å². The molecule has 2 amide bonds. The Kier molecular flexibility index (Phi) is 7.48. The molecule has 0 radical (unpaired) electrons. The van der Waals surface area contributed by atoms with Gasteiger partial charge >= 0.3 is 0 Å². The van der Waals surface area contributed by atoms with Crippen molar-refractivity contribution in [1.29, 1.82) is 0 Å². The Morgan fingerprint density at radius 3 is 2.53 bits per heavy atom. The molecule has 5 nitrogen and oxygen atoms in total. The maximum absolute atomic E-state index is 12.0. The first-order valence-electron chi connectivity index (χ1n) is 7.45. The molecule has 0 bridgehead atoms. The summed E-state index contributed by atoms with van der Waals surface area (Å²) in [7, 11) is 0. The van der Waals surface area contributed by atoms with Gasteiger partial charge < -0.3 is 15.5 Å². The lowest BCUT2D eigenvalue weighted by Gasteiger charge is -2.27. The van der Waals surface area contributed by atoms with Gasteiger partial charge in [-0.3, -0.25) is 9.59 Å². The van der Waals surface area contributed by atoms with E-state index in [1.54, 1.807) is 0 Å². The highest BCUT2D eigenvalue weighted by atomic mass is 16.2. The highest BCUT2D eigenvalue weighted by Crippen LogP contribution is 2.12. The minimum absolute atomic E-state index is 0.0273. The molecule has 1 unspecified atom stereocenters. The van der Waals surface area contributed by atoms with E-state index in [-0.39, 0.29) is 24.3 Å². The predicted molar refractivity (Wildman–Crippen MR) is 75.8 cm³/mol. The van der Waals surface area contributed by atoms with Gasteiger partial charge in [0.2, 0.25) is 11.8 Å². The van der Waals surface area contributed by atoms with E-state index in [9.17, 15) is 9.59 Å². The molecule has 0 saturated carbocycles. The molecule has 1 aliphatic rings. The second kappa shape index (κ2) is 8.91. The number of unbranched alkanes of at least 4 members (excludes halogenated alkanes) is 1. The molecule has 1 atom stereocenters. The number of hydrogen-bond donors (Lipinski definition) is 2. The fraction of sp³-hybridized carbons (Fsp3) is 0.857. The summed E-state index contributed by atoms with van der Waals surface area (Å²) in [6.07, 6.45) is 3.93. The number of hydrogen-bond acceptors (Lipinski definition) is 3. The Hall–Kier alpha value is -1.10. The van der Waals surface area contributed by atoms with Crippen LogP contribution >= 0.6 is 0 Å². The van der Waals surface area contributed by atoms with Crippen LogP contribution in [0.5, 0.6) is 0 Å². The number of piperazine rings is 1. The van der Waals surface area contributed by atoms with Gasteiger partial charge in [-0.15, -0.1) is 0 Å². The average molecular weight is 269 g/mol. The molecule has 0 aromatic heterocycles. The van der Waals surface area contributed by atoms with Crippen molar-refractivity contribution in [2.45, 2.75) is 39.5 Å². The fourth-order valence-electron chi connectivity index (χ4n) is 2.30. The summed E-state index contributed by atoms with van der Waals surface area (Å²) < 4.78 is 0. The molecule has 1 rings (SSSR count). The van der Waals surface area contributed by atoms with Crippen LogP contribution in [0.1, 0.15) is 39.5 Å². The first-order chi connectivity index (χ1) is 9.19. The Bertz CT molecular complexity index is 288. The maximum Gasteiger partial charge on any atom is 0.242 e. The van der Waals surface area contributed by atoms with Crippen molar-refractivity contribution < 1.29 is 9.59 Å². The summed E-state index contributed by atoms with van der Waals surface area (Å²) in [6, 6.07) is 0. The van der Waals surface area contributed by atoms with Gasteiger partial charge in [-0.25, -0.2) is 0 Å². The van der Waals surface area contributed by atoms with Crippen molar-refractivity contribution in [3.05, 3.63) is 0 Å². The molecule has 110 valence electrons. The van der Waals surface area contributed by atoms with Crippen molar-refractivity contribution in [3.8, 4) is 0 Å². The highest BCUT2D eigenvalue weighted by Gasteiger charge is 2.19. The zero-order valence-electron chi connectivity index (χ0n) is 12.2. The third kappa shape index (κ3) is 5.59. The third-order valence-electron chi connectivity index (χ3n) is 3.65.